The van der Waals surface area contributed by atoms with Gasteiger partial charge >= 0.3 is 0 Å². The molecule has 2 heterocycles. The number of Topliss-reactive ketones (excluding diaryl/α,β-unsaturated/α-hetero) is 1. The van der Waals surface area contributed by atoms with E-state index in [-0.39, 0.29) is 11.3 Å². The maximum atomic E-state index is 13.1. The third kappa shape index (κ3) is 4.31. The van der Waals surface area contributed by atoms with Gasteiger partial charge in [-0.15, -0.1) is 0 Å². The van der Waals surface area contributed by atoms with Crippen molar-refractivity contribution in [1.29, 1.82) is 0 Å². The topological polar surface area (TPSA) is 84.7 Å². The molecule has 1 aliphatic heterocycles. The molecule has 1 aliphatic rings. The predicted molar refractivity (Wildman–Crippen MR) is 123 cm³/mol. The lowest BCUT2D eigenvalue weighted by Gasteiger charge is -2.25. The minimum absolute atomic E-state index is 0.0731. The summed E-state index contributed by atoms with van der Waals surface area (Å²) in [5.74, 6) is -0.991. The van der Waals surface area contributed by atoms with Crippen LogP contribution in [0.4, 0.5) is 0 Å². The maximum Gasteiger partial charge on any atom is 0.295 e. The first-order valence-electron chi connectivity index (χ1n) is 10.1. The quantitative estimate of drug-likeness (QED) is 0.302. The Labute approximate surface area is 194 Å². The van der Waals surface area contributed by atoms with Crippen LogP contribution in [0.5, 0.6) is 5.75 Å². The SMILES string of the molecule is COc1cccc(C(O)=C2C(=O)C(=O)N(CCCn3ccnc3)C2c2cccc(Br)c2)c1. The summed E-state index contributed by atoms with van der Waals surface area (Å²) in [7, 11) is 1.53. The molecule has 4 rings (SSSR count). The number of rotatable bonds is 7. The van der Waals surface area contributed by atoms with Gasteiger partial charge in [-0.3, -0.25) is 9.59 Å². The van der Waals surface area contributed by atoms with Crippen LogP contribution < -0.4 is 4.74 Å². The number of ether oxygens (including phenoxy) is 1. The molecule has 1 aromatic heterocycles. The van der Waals surface area contributed by atoms with Crippen molar-refractivity contribution in [2.45, 2.75) is 19.0 Å². The molecule has 7 nitrogen and oxygen atoms in total. The molecule has 1 atom stereocenters. The highest BCUT2D eigenvalue weighted by Crippen LogP contribution is 2.40. The van der Waals surface area contributed by atoms with Crippen LogP contribution in [0, 0.1) is 0 Å². The monoisotopic (exact) mass is 495 g/mol. The summed E-state index contributed by atoms with van der Waals surface area (Å²) in [6.45, 7) is 1.01. The summed E-state index contributed by atoms with van der Waals surface area (Å²) in [5.41, 5.74) is 1.23. The number of aromatic nitrogens is 2. The molecular formula is C24H22BrN3O4. The summed E-state index contributed by atoms with van der Waals surface area (Å²) >= 11 is 3.47. The zero-order valence-corrected chi connectivity index (χ0v) is 19.0. The van der Waals surface area contributed by atoms with Crippen molar-refractivity contribution in [1.82, 2.24) is 14.5 Å². The Kier molecular flexibility index (Phi) is 6.41. The molecule has 0 spiro atoms. The number of carbonyl (C=O) groups excluding carboxylic acids is 2. The molecule has 1 N–H and O–H groups in total. The zero-order valence-electron chi connectivity index (χ0n) is 17.4. The molecule has 0 saturated carbocycles. The molecule has 164 valence electrons. The van der Waals surface area contributed by atoms with Gasteiger partial charge in [0, 0.05) is 35.5 Å². The van der Waals surface area contributed by atoms with E-state index >= 15 is 0 Å². The summed E-state index contributed by atoms with van der Waals surface area (Å²) in [5, 5.41) is 11.1. The lowest BCUT2D eigenvalue weighted by molar-refractivity contribution is -0.139. The van der Waals surface area contributed by atoms with E-state index in [9.17, 15) is 14.7 Å². The van der Waals surface area contributed by atoms with Gasteiger partial charge in [-0.1, -0.05) is 40.2 Å². The number of likely N-dealkylation sites (tertiary alicyclic amines) is 1. The number of aliphatic hydroxyl groups excluding tert-OH is 1. The first kappa shape index (κ1) is 21.8. The number of hydrogen-bond acceptors (Lipinski definition) is 5. The second-order valence-corrected chi connectivity index (χ2v) is 8.35. The van der Waals surface area contributed by atoms with Gasteiger partial charge in [0.1, 0.15) is 11.5 Å². The van der Waals surface area contributed by atoms with Crippen molar-refractivity contribution >= 4 is 33.4 Å². The number of aliphatic hydroxyl groups is 1. The number of ketones is 1. The van der Waals surface area contributed by atoms with Crippen LogP contribution in [0.25, 0.3) is 5.76 Å². The van der Waals surface area contributed by atoms with Gasteiger partial charge in [-0.2, -0.15) is 0 Å². The fraction of sp³-hybridized carbons (Fsp3) is 0.208. The third-order valence-corrected chi connectivity index (χ3v) is 5.92. The molecule has 1 unspecified atom stereocenters. The van der Waals surface area contributed by atoms with Gasteiger partial charge in [0.15, 0.2) is 0 Å². The molecule has 0 aliphatic carbocycles. The highest BCUT2D eigenvalue weighted by molar-refractivity contribution is 9.10. The lowest BCUT2D eigenvalue weighted by Crippen LogP contribution is -2.31. The second-order valence-electron chi connectivity index (χ2n) is 7.43. The smallest absolute Gasteiger partial charge is 0.295 e. The van der Waals surface area contributed by atoms with E-state index in [1.54, 1.807) is 36.8 Å². The second kappa shape index (κ2) is 9.40. The van der Waals surface area contributed by atoms with Crippen LogP contribution in [-0.4, -0.2) is 44.9 Å². The van der Waals surface area contributed by atoms with E-state index in [4.69, 9.17) is 4.74 Å². The Bertz CT molecular complexity index is 1170. The Morgan fingerprint density at radius 1 is 1.16 bits per heavy atom. The number of methoxy groups -OCH3 is 1. The third-order valence-electron chi connectivity index (χ3n) is 5.42. The largest absolute Gasteiger partial charge is 0.507 e. The molecule has 1 saturated heterocycles. The predicted octanol–water partition coefficient (Wildman–Crippen LogP) is 4.17. The van der Waals surface area contributed by atoms with Crippen LogP contribution in [0.3, 0.4) is 0 Å². The standard InChI is InChI=1S/C24H22BrN3O4/c1-32-19-8-3-6-17(14-19)22(29)20-21(16-5-2-7-18(25)13-16)28(24(31)23(20)30)11-4-10-27-12-9-26-15-27/h2-3,5-9,12-15,21,29H,4,10-11H2,1H3. The number of nitrogens with zero attached hydrogens (tertiary/aromatic N) is 3. The number of halogens is 1. The van der Waals surface area contributed by atoms with Crippen LogP contribution in [0.15, 0.2) is 77.3 Å². The molecule has 0 bridgehead atoms. The first-order chi connectivity index (χ1) is 15.5. The van der Waals surface area contributed by atoms with E-state index in [1.165, 1.54) is 12.0 Å². The lowest BCUT2D eigenvalue weighted by atomic mass is 9.95. The first-order valence-corrected chi connectivity index (χ1v) is 10.9. The number of benzene rings is 2. The maximum absolute atomic E-state index is 13.1. The van der Waals surface area contributed by atoms with Crippen molar-refractivity contribution in [3.8, 4) is 5.75 Å². The Morgan fingerprint density at radius 2 is 1.97 bits per heavy atom. The average molecular weight is 496 g/mol. The Morgan fingerprint density at radius 3 is 2.69 bits per heavy atom. The number of amides is 1. The normalized spacial score (nSPS) is 17.7. The van der Waals surface area contributed by atoms with Crippen molar-refractivity contribution in [2.75, 3.05) is 13.7 Å². The highest BCUT2D eigenvalue weighted by atomic mass is 79.9. The van der Waals surface area contributed by atoms with Gasteiger partial charge in [0.05, 0.1) is 25.1 Å². The van der Waals surface area contributed by atoms with E-state index in [2.05, 4.69) is 20.9 Å². The van der Waals surface area contributed by atoms with Crippen LogP contribution in [0.1, 0.15) is 23.6 Å². The average Bonchev–Trinajstić information content (AvgIpc) is 3.41. The molecule has 1 fully saturated rings. The van der Waals surface area contributed by atoms with E-state index in [1.807, 2.05) is 35.0 Å². The highest BCUT2D eigenvalue weighted by Gasteiger charge is 2.45. The van der Waals surface area contributed by atoms with Crippen LogP contribution >= 0.6 is 15.9 Å². The van der Waals surface area contributed by atoms with Gasteiger partial charge in [0.25, 0.3) is 11.7 Å². The summed E-state index contributed by atoms with van der Waals surface area (Å²) in [6.07, 6.45) is 5.89. The number of aryl methyl sites for hydroxylation is 1. The summed E-state index contributed by atoms with van der Waals surface area (Å²) in [4.78, 5) is 31.7. The molecular weight excluding hydrogens is 474 g/mol. The number of carbonyl (C=O) groups is 2. The van der Waals surface area contributed by atoms with Crippen molar-refractivity contribution in [3.63, 3.8) is 0 Å². The zero-order chi connectivity index (χ0) is 22.7. The summed E-state index contributed by atoms with van der Waals surface area (Å²) < 4.78 is 7.98. The van der Waals surface area contributed by atoms with Crippen LogP contribution in [-0.2, 0) is 16.1 Å². The van der Waals surface area contributed by atoms with Crippen molar-refractivity contribution in [3.05, 3.63) is 88.4 Å². The van der Waals surface area contributed by atoms with Gasteiger partial charge in [-0.25, -0.2) is 4.98 Å². The fourth-order valence-corrected chi connectivity index (χ4v) is 4.32. The molecule has 8 heteroatoms. The van der Waals surface area contributed by atoms with Gasteiger partial charge < -0.3 is 19.3 Å². The van der Waals surface area contributed by atoms with Gasteiger partial charge in [0.2, 0.25) is 0 Å². The molecule has 1 amide bonds. The fourth-order valence-electron chi connectivity index (χ4n) is 3.90. The number of imidazole rings is 1. The van der Waals surface area contributed by atoms with Gasteiger partial charge in [-0.05, 0) is 36.2 Å². The van der Waals surface area contributed by atoms with Crippen LogP contribution in [0.2, 0.25) is 0 Å². The van der Waals surface area contributed by atoms with E-state index in [0.717, 1.165) is 10.0 Å². The molecule has 0 radical (unpaired) electrons. The summed E-state index contributed by atoms with van der Waals surface area (Å²) in [6, 6.07) is 13.5. The minimum atomic E-state index is -0.696. The Balaban J connectivity index is 1.75. The Hall–Kier alpha value is -3.39. The van der Waals surface area contributed by atoms with Crippen molar-refractivity contribution < 1.29 is 19.4 Å². The van der Waals surface area contributed by atoms with E-state index < -0.39 is 17.7 Å². The number of hydrogen-bond donors (Lipinski definition) is 1. The molecule has 32 heavy (non-hydrogen) atoms. The van der Waals surface area contributed by atoms with E-state index in [0.29, 0.717) is 30.8 Å². The molecule has 3 aromatic rings. The molecule has 2 aromatic carbocycles. The van der Waals surface area contributed by atoms with Crippen molar-refractivity contribution in [2.24, 2.45) is 0 Å². The minimum Gasteiger partial charge on any atom is -0.507 e.